The van der Waals surface area contributed by atoms with Gasteiger partial charge in [-0.05, 0) is 30.3 Å². The summed E-state index contributed by atoms with van der Waals surface area (Å²) in [6.45, 7) is 0. The van der Waals surface area contributed by atoms with Gasteiger partial charge in [-0.15, -0.1) is 0 Å². The van der Waals surface area contributed by atoms with Crippen LogP contribution in [0.2, 0.25) is 5.02 Å². The first-order chi connectivity index (χ1) is 8.20. The number of halogens is 1. The van der Waals surface area contributed by atoms with Crippen LogP contribution in [0.3, 0.4) is 0 Å². The van der Waals surface area contributed by atoms with E-state index in [2.05, 4.69) is 0 Å². The van der Waals surface area contributed by atoms with E-state index < -0.39 is 0 Å². The van der Waals surface area contributed by atoms with E-state index in [0.29, 0.717) is 0 Å². The Balaban J connectivity index is 2.32. The number of ether oxygens (including phenoxy) is 1. The number of nitrogen functional groups attached to an aromatic ring is 1. The van der Waals surface area contributed by atoms with E-state index >= 15 is 0 Å². The summed E-state index contributed by atoms with van der Waals surface area (Å²) in [5.41, 5.74) is 6.64. The molecule has 2 aromatic carbocycles. The van der Waals surface area contributed by atoms with Crippen LogP contribution in [-0.4, -0.2) is 7.11 Å². The van der Waals surface area contributed by atoms with Crippen LogP contribution < -0.4 is 10.5 Å². The van der Waals surface area contributed by atoms with Crippen LogP contribution in [0.5, 0.6) is 5.75 Å². The van der Waals surface area contributed by atoms with E-state index in [-0.39, 0.29) is 0 Å². The Kier molecular flexibility index (Phi) is 3.82. The molecule has 2 rings (SSSR count). The summed E-state index contributed by atoms with van der Waals surface area (Å²) in [5, 5.41) is 0.722. The van der Waals surface area contributed by atoms with Gasteiger partial charge in [-0.3, -0.25) is 0 Å². The molecule has 0 unspecified atom stereocenters. The first kappa shape index (κ1) is 12.1. The zero-order valence-electron chi connectivity index (χ0n) is 9.31. The Bertz CT molecular complexity index is 531. The Labute approximate surface area is 110 Å². The van der Waals surface area contributed by atoms with Gasteiger partial charge in [0.2, 0.25) is 0 Å². The van der Waals surface area contributed by atoms with Gasteiger partial charge in [0.25, 0.3) is 0 Å². The van der Waals surface area contributed by atoms with Crippen LogP contribution >= 0.6 is 23.4 Å². The quantitative estimate of drug-likeness (QED) is 0.850. The topological polar surface area (TPSA) is 35.2 Å². The van der Waals surface area contributed by atoms with Crippen LogP contribution in [0, 0.1) is 0 Å². The van der Waals surface area contributed by atoms with Gasteiger partial charge in [0.05, 0.1) is 12.1 Å². The number of nitrogens with two attached hydrogens (primary N) is 1. The van der Waals surface area contributed by atoms with E-state index in [0.717, 1.165) is 26.3 Å². The maximum atomic E-state index is 6.11. The monoisotopic (exact) mass is 265 g/mol. The largest absolute Gasteiger partial charge is 0.497 e. The molecule has 0 spiro atoms. The average Bonchev–Trinajstić information content (AvgIpc) is 2.35. The molecule has 0 atom stereocenters. The minimum Gasteiger partial charge on any atom is -0.497 e. The lowest BCUT2D eigenvalue weighted by molar-refractivity contribution is 0.414. The van der Waals surface area contributed by atoms with E-state index in [1.807, 2.05) is 42.5 Å². The molecule has 0 radical (unpaired) electrons. The molecule has 17 heavy (non-hydrogen) atoms. The van der Waals surface area contributed by atoms with Crippen molar-refractivity contribution < 1.29 is 4.74 Å². The highest BCUT2D eigenvalue weighted by Crippen LogP contribution is 2.37. The maximum absolute atomic E-state index is 6.11. The molecule has 0 aromatic heterocycles. The summed E-state index contributed by atoms with van der Waals surface area (Å²) < 4.78 is 5.18. The number of hydrogen-bond acceptors (Lipinski definition) is 3. The average molecular weight is 266 g/mol. The van der Waals surface area contributed by atoms with Crippen LogP contribution in [0.25, 0.3) is 0 Å². The molecule has 88 valence electrons. The van der Waals surface area contributed by atoms with Gasteiger partial charge >= 0.3 is 0 Å². The van der Waals surface area contributed by atoms with Crippen LogP contribution in [0.15, 0.2) is 52.3 Å². The molecule has 0 saturated carbocycles. The maximum Gasteiger partial charge on any atom is 0.120 e. The molecule has 0 amide bonds. The van der Waals surface area contributed by atoms with E-state index in [9.17, 15) is 0 Å². The number of anilines is 1. The third-order valence-electron chi connectivity index (χ3n) is 2.28. The molecular formula is C13H12ClNOS. The molecular weight excluding hydrogens is 254 g/mol. The molecule has 0 aliphatic rings. The van der Waals surface area contributed by atoms with Gasteiger partial charge in [-0.25, -0.2) is 0 Å². The molecule has 0 saturated heterocycles. The lowest BCUT2D eigenvalue weighted by atomic mass is 10.3. The second-order valence-electron chi connectivity index (χ2n) is 3.44. The minimum atomic E-state index is 0.718. The normalized spacial score (nSPS) is 10.2. The fraction of sp³-hybridized carbons (Fsp3) is 0.0769. The predicted octanol–water partition coefficient (Wildman–Crippen LogP) is 4.08. The highest BCUT2D eigenvalue weighted by Gasteiger charge is 2.06. The Morgan fingerprint density at radius 1 is 1.12 bits per heavy atom. The summed E-state index contributed by atoms with van der Waals surface area (Å²) in [6, 6.07) is 13.3. The van der Waals surface area contributed by atoms with Gasteiger partial charge in [0.1, 0.15) is 5.75 Å². The number of rotatable bonds is 3. The van der Waals surface area contributed by atoms with Crippen molar-refractivity contribution in [1.29, 1.82) is 0 Å². The first-order valence-corrected chi connectivity index (χ1v) is 6.26. The van der Waals surface area contributed by atoms with Gasteiger partial charge < -0.3 is 10.5 Å². The standard InChI is InChI=1S/C13H12ClNOS/c1-16-9-6-7-11(15)13(8-9)17-12-5-3-2-4-10(12)14/h2-8H,15H2,1H3. The van der Waals surface area contributed by atoms with Gasteiger partial charge in [0.15, 0.2) is 0 Å². The van der Waals surface area contributed by atoms with Crippen molar-refractivity contribution in [1.82, 2.24) is 0 Å². The van der Waals surface area contributed by atoms with Crippen molar-refractivity contribution in [2.45, 2.75) is 9.79 Å². The molecule has 0 aliphatic heterocycles. The molecule has 0 bridgehead atoms. The molecule has 2 nitrogen and oxygen atoms in total. The van der Waals surface area contributed by atoms with Crippen molar-refractivity contribution in [2.75, 3.05) is 12.8 Å². The van der Waals surface area contributed by atoms with Crippen LogP contribution in [0.4, 0.5) is 5.69 Å². The van der Waals surface area contributed by atoms with Crippen LogP contribution in [-0.2, 0) is 0 Å². The first-order valence-electron chi connectivity index (χ1n) is 5.06. The number of hydrogen-bond donors (Lipinski definition) is 1. The zero-order valence-corrected chi connectivity index (χ0v) is 10.9. The highest BCUT2D eigenvalue weighted by molar-refractivity contribution is 7.99. The molecule has 4 heteroatoms. The predicted molar refractivity (Wildman–Crippen MR) is 73.0 cm³/mol. The molecule has 0 heterocycles. The van der Waals surface area contributed by atoms with Gasteiger partial charge in [0, 0.05) is 15.5 Å². The third-order valence-corrected chi connectivity index (χ3v) is 3.87. The fourth-order valence-electron chi connectivity index (χ4n) is 1.38. The SMILES string of the molecule is COc1ccc(N)c(Sc2ccccc2Cl)c1. The Hall–Kier alpha value is -1.32. The molecule has 2 N–H and O–H groups in total. The third kappa shape index (κ3) is 2.87. The van der Waals surface area contributed by atoms with Gasteiger partial charge in [-0.2, -0.15) is 0 Å². The smallest absolute Gasteiger partial charge is 0.120 e. The second kappa shape index (κ2) is 5.34. The zero-order chi connectivity index (χ0) is 12.3. The summed E-state index contributed by atoms with van der Waals surface area (Å²) in [5.74, 6) is 0.786. The van der Waals surface area contributed by atoms with E-state index in [4.69, 9.17) is 22.1 Å². The van der Waals surface area contributed by atoms with Gasteiger partial charge in [-0.1, -0.05) is 35.5 Å². The van der Waals surface area contributed by atoms with E-state index in [1.165, 1.54) is 11.8 Å². The summed E-state index contributed by atoms with van der Waals surface area (Å²) >= 11 is 7.64. The summed E-state index contributed by atoms with van der Waals surface area (Å²) in [7, 11) is 1.63. The Morgan fingerprint density at radius 3 is 2.59 bits per heavy atom. The number of methoxy groups -OCH3 is 1. The van der Waals surface area contributed by atoms with Crippen molar-refractivity contribution in [2.24, 2.45) is 0 Å². The van der Waals surface area contributed by atoms with Crippen molar-refractivity contribution in [3.63, 3.8) is 0 Å². The molecule has 0 aliphatic carbocycles. The summed E-state index contributed by atoms with van der Waals surface area (Å²) in [6.07, 6.45) is 0. The van der Waals surface area contributed by atoms with Crippen molar-refractivity contribution in [3.05, 3.63) is 47.5 Å². The van der Waals surface area contributed by atoms with Crippen molar-refractivity contribution >= 4 is 29.1 Å². The Morgan fingerprint density at radius 2 is 1.88 bits per heavy atom. The molecule has 2 aromatic rings. The fourth-order valence-corrected chi connectivity index (χ4v) is 2.54. The van der Waals surface area contributed by atoms with E-state index in [1.54, 1.807) is 7.11 Å². The second-order valence-corrected chi connectivity index (χ2v) is 4.93. The van der Waals surface area contributed by atoms with Crippen molar-refractivity contribution in [3.8, 4) is 5.75 Å². The number of benzene rings is 2. The lowest BCUT2D eigenvalue weighted by Crippen LogP contribution is -1.90. The highest BCUT2D eigenvalue weighted by atomic mass is 35.5. The summed E-state index contributed by atoms with van der Waals surface area (Å²) in [4.78, 5) is 1.92. The van der Waals surface area contributed by atoms with Crippen LogP contribution in [0.1, 0.15) is 0 Å². The lowest BCUT2D eigenvalue weighted by Gasteiger charge is -2.08. The molecule has 0 fully saturated rings. The minimum absolute atomic E-state index is 0.718.